The van der Waals surface area contributed by atoms with Gasteiger partial charge in [0.1, 0.15) is 11.9 Å². The number of ether oxygens (including phenoxy) is 2. The quantitative estimate of drug-likeness (QED) is 0.865. The van der Waals surface area contributed by atoms with Crippen LogP contribution in [0.3, 0.4) is 0 Å². The van der Waals surface area contributed by atoms with Crippen molar-refractivity contribution in [3.05, 3.63) is 12.1 Å². The van der Waals surface area contributed by atoms with Gasteiger partial charge in [0.05, 0.1) is 6.54 Å². The van der Waals surface area contributed by atoms with Crippen molar-refractivity contribution in [2.45, 2.75) is 19.4 Å². The number of aromatic nitrogens is 1. The number of pyridine rings is 1. The van der Waals surface area contributed by atoms with Gasteiger partial charge in [0.15, 0.2) is 18.2 Å². The van der Waals surface area contributed by atoms with Crippen LogP contribution in [0.4, 0.5) is 16.4 Å². The monoisotopic (exact) mass is 263 g/mol. The van der Waals surface area contributed by atoms with Crippen molar-refractivity contribution in [3.63, 3.8) is 0 Å². The van der Waals surface area contributed by atoms with Crippen LogP contribution in [0.25, 0.3) is 0 Å². The molecule has 0 bridgehead atoms. The van der Waals surface area contributed by atoms with E-state index in [4.69, 9.17) is 9.47 Å². The van der Waals surface area contributed by atoms with E-state index in [1.807, 2.05) is 6.92 Å². The SMILES string of the molecule is CCC1CN(c2ccc3c(n2)NC(=O)CO3)C(=O)O1. The maximum absolute atomic E-state index is 11.7. The Morgan fingerprint density at radius 1 is 1.47 bits per heavy atom. The molecule has 1 saturated heterocycles. The lowest BCUT2D eigenvalue weighted by atomic mass is 10.3. The number of cyclic esters (lactones) is 1. The van der Waals surface area contributed by atoms with Crippen LogP contribution in [0.1, 0.15) is 13.3 Å². The Kier molecular flexibility index (Phi) is 2.73. The van der Waals surface area contributed by atoms with Crippen LogP contribution in [-0.2, 0) is 9.53 Å². The van der Waals surface area contributed by atoms with Crippen molar-refractivity contribution >= 4 is 23.6 Å². The molecule has 0 radical (unpaired) electrons. The van der Waals surface area contributed by atoms with Gasteiger partial charge >= 0.3 is 6.09 Å². The molecular weight excluding hydrogens is 250 g/mol. The Labute approximate surface area is 109 Å². The highest BCUT2D eigenvalue weighted by Crippen LogP contribution is 2.30. The minimum Gasteiger partial charge on any atom is -0.480 e. The third-order valence-corrected chi connectivity index (χ3v) is 3.07. The van der Waals surface area contributed by atoms with Gasteiger partial charge in [-0.25, -0.2) is 9.78 Å². The van der Waals surface area contributed by atoms with Crippen molar-refractivity contribution in [2.24, 2.45) is 0 Å². The number of nitrogens with zero attached hydrogens (tertiary/aromatic N) is 2. The number of hydrogen-bond acceptors (Lipinski definition) is 5. The standard InChI is InChI=1S/C12H13N3O4/c1-2-7-5-15(12(17)19-7)9-4-3-8-11(13-9)14-10(16)6-18-8/h3-4,7H,2,5-6H2,1H3,(H,13,14,16). The summed E-state index contributed by atoms with van der Waals surface area (Å²) in [5.41, 5.74) is 0. The lowest BCUT2D eigenvalue weighted by Crippen LogP contribution is -2.29. The first-order valence-corrected chi connectivity index (χ1v) is 6.09. The second-order valence-corrected chi connectivity index (χ2v) is 4.38. The summed E-state index contributed by atoms with van der Waals surface area (Å²) in [7, 11) is 0. The van der Waals surface area contributed by atoms with Gasteiger partial charge in [-0.1, -0.05) is 6.92 Å². The molecule has 1 aromatic heterocycles. The fourth-order valence-corrected chi connectivity index (χ4v) is 2.02. The van der Waals surface area contributed by atoms with Crippen molar-refractivity contribution < 1.29 is 19.1 Å². The van der Waals surface area contributed by atoms with Crippen molar-refractivity contribution in [2.75, 3.05) is 23.4 Å². The third kappa shape index (κ3) is 2.07. The number of anilines is 2. The number of amides is 2. The smallest absolute Gasteiger partial charge is 0.415 e. The summed E-state index contributed by atoms with van der Waals surface area (Å²) in [5.74, 6) is 1.03. The lowest BCUT2D eigenvalue weighted by molar-refractivity contribution is -0.118. The molecule has 19 heavy (non-hydrogen) atoms. The van der Waals surface area contributed by atoms with E-state index in [9.17, 15) is 9.59 Å². The molecule has 0 saturated carbocycles. The molecule has 2 aliphatic rings. The van der Waals surface area contributed by atoms with Crippen molar-refractivity contribution in [1.82, 2.24) is 4.98 Å². The second kappa shape index (κ2) is 4.42. The molecule has 1 unspecified atom stereocenters. The minimum atomic E-state index is -0.414. The van der Waals surface area contributed by atoms with Gasteiger partial charge in [0.2, 0.25) is 0 Å². The summed E-state index contributed by atoms with van der Waals surface area (Å²) >= 11 is 0. The van der Waals surface area contributed by atoms with E-state index in [2.05, 4.69) is 10.3 Å². The zero-order valence-corrected chi connectivity index (χ0v) is 10.4. The van der Waals surface area contributed by atoms with E-state index in [0.29, 0.717) is 23.9 Å². The van der Waals surface area contributed by atoms with E-state index in [1.54, 1.807) is 12.1 Å². The minimum absolute atomic E-state index is 0.0162. The molecule has 2 aliphatic heterocycles. The summed E-state index contributed by atoms with van der Waals surface area (Å²) in [5, 5.41) is 2.61. The van der Waals surface area contributed by atoms with E-state index >= 15 is 0 Å². The molecule has 3 heterocycles. The zero-order chi connectivity index (χ0) is 13.4. The van der Waals surface area contributed by atoms with E-state index in [-0.39, 0.29) is 18.6 Å². The topological polar surface area (TPSA) is 80.8 Å². The van der Waals surface area contributed by atoms with Gasteiger partial charge in [-0.15, -0.1) is 0 Å². The Morgan fingerprint density at radius 2 is 2.32 bits per heavy atom. The molecule has 2 amide bonds. The molecule has 1 atom stereocenters. The van der Waals surface area contributed by atoms with Crippen molar-refractivity contribution in [1.29, 1.82) is 0 Å². The number of carbonyl (C=O) groups excluding carboxylic acids is 2. The second-order valence-electron chi connectivity index (χ2n) is 4.38. The zero-order valence-electron chi connectivity index (χ0n) is 10.4. The Morgan fingerprint density at radius 3 is 3.05 bits per heavy atom. The number of carbonyl (C=O) groups is 2. The maximum Gasteiger partial charge on any atom is 0.415 e. The number of nitrogens with one attached hydrogen (secondary N) is 1. The van der Waals surface area contributed by atoms with Gasteiger partial charge in [-0.3, -0.25) is 9.69 Å². The highest BCUT2D eigenvalue weighted by Gasteiger charge is 2.32. The first kappa shape index (κ1) is 11.8. The molecular formula is C12H13N3O4. The molecule has 1 N–H and O–H groups in total. The lowest BCUT2D eigenvalue weighted by Gasteiger charge is -2.19. The molecule has 100 valence electrons. The summed E-state index contributed by atoms with van der Waals surface area (Å²) < 4.78 is 10.4. The fourth-order valence-electron chi connectivity index (χ4n) is 2.02. The van der Waals surface area contributed by atoms with Gasteiger partial charge in [0, 0.05) is 0 Å². The van der Waals surface area contributed by atoms with E-state index in [0.717, 1.165) is 6.42 Å². The average molecular weight is 263 g/mol. The highest BCUT2D eigenvalue weighted by atomic mass is 16.6. The first-order valence-electron chi connectivity index (χ1n) is 6.09. The van der Waals surface area contributed by atoms with Crippen LogP contribution in [-0.4, -0.2) is 36.2 Å². The van der Waals surface area contributed by atoms with Crippen LogP contribution >= 0.6 is 0 Å². The normalized spacial score (nSPS) is 21.5. The summed E-state index contributed by atoms with van der Waals surface area (Å²) in [4.78, 5) is 28.6. The number of rotatable bonds is 2. The fraction of sp³-hybridized carbons (Fsp3) is 0.417. The Bertz CT molecular complexity index is 546. The molecule has 3 rings (SSSR count). The summed E-state index contributed by atoms with van der Waals surface area (Å²) in [6.45, 7) is 2.41. The predicted octanol–water partition coefficient (Wildman–Crippen LogP) is 1.15. The van der Waals surface area contributed by atoms with Crippen LogP contribution < -0.4 is 15.0 Å². The Hall–Kier alpha value is -2.31. The molecule has 1 aromatic rings. The molecule has 7 nitrogen and oxygen atoms in total. The average Bonchev–Trinajstić information content (AvgIpc) is 2.79. The Balaban J connectivity index is 1.88. The number of hydrogen-bond donors (Lipinski definition) is 1. The third-order valence-electron chi connectivity index (χ3n) is 3.07. The highest BCUT2D eigenvalue weighted by molar-refractivity contribution is 5.95. The van der Waals surface area contributed by atoms with Gasteiger partial charge < -0.3 is 14.8 Å². The first-order chi connectivity index (χ1) is 9.17. The van der Waals surface area contributed by atoms with Gasteiger partial charge in [-0.2, -0.15) is 0 Å². The van der Waals surface area contributed by atoms with E-state index < -0.39 is 6.09 Å². The summed E-state index contributed by atoms with van der Waals surface area (Å²) in [6.07, 6.45) is 0.228. The molecule has 0 aromatic carbocycles. The van der Waals surface area contributed by atoms with Crippen LogP contribution in [0.15, 0.2) is 12.1 Å². The van der Waals surface area contributed by atoms with Gasteiger partial charge in [-0.05, 0) is 18.6 Å². The number of fused-ring (bicyclic) bond motifs is 1. The largest absolute Gasteiger partial charge is 0.480 e. The van der Waals surface area contributed by atoms with Crippen LogP contribution in [0, 0.1) is 0 Å². The van der Waals surface area contributed by atoms with Crippen molar-refractivity contribution in [3.8, 4) is 5.75 Å². The van der Waals surface area contributed by atoms with Gasteiger partial charge in [0.25, 0.3) is 5.91 Å². The molecule has 1 fully saturated rings. The molecule has 0 aliphatic carbocycles. The maximum atomic E-state index is 11.7. The van der Waals surface area contributed by atoms with Crippen LogP contribution in [0.5, 0.6) is 5.75 Å². The predicted molar refractivity (Wildman–Crippen MR) is 66.3 cm³/mol. The molecule has 7 heteroatoms. The van der Waals surface area contributed by atoms with E-state index in [1.165, 1.54) is 4.90 Å². The molecule has 0 spiro atoms. The van der Waals surface area contributed by atoms with Crippen LogP contribution in [0.2, 0.25) is 0 Å². The summed E-state index contributed by atoms with van der Waals surface area (Å²) in [6, 6.07) is 3.36.